The molecule has 0 atom stereocenters. The fraction of sp³-hybridized carbons (Fsp3) is 0. The predicted molar refractivity (Wildman–Crippen MR) is 51.3 cm³/mol. The van der Waals surface area contributed by atoms with Gasteiger partial charge in [-0.05, 0) is 12.1 Å². The number of halogens is 1. The molecule has 2 rings (SSSR count). The van der Waals surface area contributed by atoms with Crippen LogP contribution in [0.25, 0.3) is 11.5 Å². The third kappa shape index (κ3) is 2.65. The molecule has 0 amide bonds. The summed E-state index contributed by atoms with van der Waals surface area (Å²) in [5.41, 5.74) is 0.302. The Bertz CT molecular complexity index is 512. The van der Waals surface area contributed by atoms with Crippen molar-refractivity contribution in [1.29, 1.82) is 0 Å². The first-order valence-electron chi connectivity index (χ1n) is 4.10. The van der Waals surface area contributed by atoms with Crippen LogP contribution in [0.3, 0.4) is 0 Å². The van der Waals surface area contributed by atoms with Gasteiger partial charge in [0.05, 0.1) is 16.6 Å². The van der Waals surface area contributed by atoms with Crippen LogP contribution in [0, 0.1) is 0 Å². The van der Waals surface area contributed by atoms with Crippen LogP contribution in [0.15, 0.2) is 34.9 Å². The Hall–Kier alpha value is -0.810. The van der Waals surface area contributed by atoms with Crippen LogP contribution in [0.4, 0.5) is 0 Å². The maximum Gasteiger partial charge on any atom is 1.00 e. The Kier molecular flexibility index (Phi) is 4.56. The van der Waals surface area contributed by atoms with Gasteiger partial charge in [0.2, 0.25) is 5.89 Å². The maximum absolute atomic E-state index is 10.5. The second-order valence-corrected chi connectivity index (χ2v) is 3.21. The molecular weight excluding hydrogens is 241 g/mol. The molecule has 0 N–H and O–H groups in total. The number of aromatic nitrogens is 1. The number of benzene rings is 1. The van der Waals surface area contributed by atoms with Crippen molar-refractivity contribution >= 4 is 17.6 Å². The van der Waals surface area contributed by atoms with Crippen LogP contribution in [0.1, 0.15) is 10.5 Å². The van der Waals surface area contributed by atoms with Gasteiger partial charge in [-0.25, -0.2) is 4.98 Å². The Morgan fingerprint density at radius 1 is 1.38 bits per heavy atom. The number of carbonyl (C=O) groups excluding carboxylic acids is 1. The summed E-state index contributed by atoms with van der Waals surface area (Å²) in [6.45, 7) is 0. The molecule has 76 valence electrons. The van der Waals surface area contributed by atoms with E-state index in [-0.39, 0.29) is 41.1 Å². The van der Waals surface area contributed by atoms with Crippen molar-refractivity contribution in [2.45, 2.75) is 0 Å². The molecule has 0 aliphatic rings. The minimum Gasteiger partial charge on any atom is -0.543 e. The number of hydrogen-bond donors (Lipinski definition) is 0. The summed E-state index contributed by atoms with van der Waals surface area (Å²) in [4.78, 5) is 14.2. The van der Waals surface area contributed by atoms with Crippen LogP contribution >= 0.6 is 11.6 Å². The van der Waals surface area contributed by atoms with Gasteiger partial charge in [-0.15, -0.1) is 0 Å². The van der Waals surface area contributed by atoms with Crippen molar-refractivity contribution in [1.82, 2.24) is 4.98 Å². The molecule has 0 unspecified atom stereocenters. The molecule has 1 heterocycles. The number of hydrogen-bond acceptors (Lipinski definition) is 4. The summed E-state index contributed by atoms with van der Waals surface area (Å²) in [5, 5.41) is 10.9. The summed E-state index contributed by atoms with van der Waals surface area (Å²) in [6.07, 6.45) is 1.02. The molecule has 0 aliphatic heterocycles. The van der Waals surface area contributed by atoms with Crippen molar-refractivity contribution in [3.63, 3.8) is 0 Å². The van der Waals surface area contributed by atoms with Gasteiger partial charge < -0.3 is 14.3 Å². The Morgan fingerprint density at radius 3 is 2.62 bits per heavy atom. The van der Waals surface area contributed by atoms with E-state index in [0.717, 1.165) is 6.26 Å². The number of aromatic carboxylic acids is 1. The zero-order valence-corrected chi connectivity index (χ0v) is 11.2. The summed E-state index contributed by atoms with van der Waals surface area (Å²) in [7, 11) is 0. The smallest absolute Gasteiger partial charge is 0.543 e. The van der Waals surface area contributed by atoms with Crippen LogP contribution in [0.5, 0.6) is 0 Å². The van der Waals surface area contributed by atoms with Gasteiger partial charge >= 0.3 is 29.6 Å². The average Bonchev–Trinajstić information content (AvgIpc) is 2.67. The van der Waals surface area contributed by atoms with E-state index in [1.165, 1.54) is 0 Å². The Labute approximate surface area is 119 Å². The molecule has 6 heteroatoms. The van der Waals surface area contributed by atoms with E-state index in [0.29, 0.717) is 10.6 Å². The molecule has 0 saturated heterocycles. The van der Waals surface area contributed by atoms with E-state index in [1.54, 1.807) is 24.3 Å². The van der Waals surface area contributed by atoms with Gasteiger partial charge in [0.15, 0.2) is 0 Å². The first-order valence-corrected chi connectivity index (χ1v) is 4.48. The van der Waals surface area contributed by atoms with Crippen molar-refractivity contribution < 1.29 is 43.9 Å². The molecule has 0 saturated carbocycles. The standard InChI is InChI=1S/C10H6ClNO3.Na/c11-7-4-2-1-3-6(7)9-12-8(5-15-9)10(13)14;/h1-5H,(H,13,14);/q;+1/p-1. The van der Waals surface area contributed by atoms with Crippen molar-refractivity contribution in [2.24, 2.45) is 0 Å². The molecule has 2 aromatic rings. The first kappa shape index (κ1) is 13.3. The maximum atomic E-state index is 10.5. The Balaban J connectivity index is 0.00000128. The number of nitrogens with zero attached hydrogens (tertiary/aromatic N) is 1. The van der Waals surface area contributed by atoms with Gasteiger partial charge in [0, 0.05) is 0 Å². The number of carboxylic acid groups (broad SMARTS) is 1. The van der Waals surface area contributed by atoms with E-state index in [4.69, 9.17) is 16.0 Å². The van der Waals surface area contributed by atoms with E-state index in [1.807, 2.05) is 0 Å². The van der Waals surface area contributed by atoms with E-state index >= 15 is 0 Å². The molecule has 4 nitrogen and oxygen atoms in total. The molecule has 0 bridgehead atoms. The quantitative estimate of drug-likeness (QED) is 0.596. The minimum atomic E-state index is -1.38. The van der Waals surface area contributed by atoms with Crippen molar-refractivity contribution in [2.75, 3.05) is 0 Å². The van der Waals surface area contributed by atoms with Crippen LogP contribution in [-0.4, -0.2) is 11.0 Å². The molecule has 0 radical (unpaired) electrons. The molecular formula is C10H5ClNNaO3. The molecule has 0 aliphatic carbocycles. The normalized spacial score (nSPS) is 9.56. The van der Waals surface area contributed by atoms with Gasteiger partial charge in [0.1, 0.15) is 12.0 Å². The van der Waals surface area contributed by atoms with Crippen molar-refractivity contribution in [3.05, 3.63) is 41.2 Å². The van der Waals surface area contributed by atoms with Crippen LogP contribution < -0.4 is 34.7 Å². The SMILES string of the molecule is O=C([O-])c1coc(-c2ccccc2Cl)n1.[Na+]. The largest absolute Gasteiger partial charge is 1.00 e. The molecule has 16 heavy (non-hydrogen) atoms. The zero-order valence-electron chi connectivity index (χ0n) is 8.44. The van der Waals surface area contributed by atoms with Crippen molar-refractivity contribution in [3.8, 4) is 11.5 Å². The number of oxazole rings is 1. The van der Waals surface area contributed by atoms with Crippen LogP contribution in [0.2, 0.25) is 5.02 Å². The van der Waals surface area contributed by atoms with E-state index in [9.17, 15) is 9.90 Å². The molecule has 1 aromatic heterocycles. The predicted octanol–water partition coefficient (Wildman–Crippen LogP) is -1.64. The number of carboxylic acids is 1. The van der Waals surface area contributed by atoms with E-state index < -0.39 is 5.97 Å². The Morgan fingerprint density at radius 2 is 2.06 bits per heavy atom. The minimum absolute atomic E-state index is 0. The monoisotopic (exact) mass is 245 g/mol. The second kappa shape index (κ2) is 5.50. The third-order valence-electron chi connectivity index (χ3n) is 1.82. The van der Waals surface area contributed by atoms with Gasteiger partial charge in [-0.2, -0.15) is 0 Å². The average molecular weight is 246 g/mol. The third-order valence-corrected chi connectivity index (χ3v) is 2.15. The summed E-state index contributed by atoms with van der Waals surface area (Å²) in [6, 6.07) is 6.87. The number of carbonyl (C=O) groups is 1. The molecule has 0 fully saturated rings. The van der Waals surface area contributed by atoms with Crippen LogP contribution in [-0.2, 0) is 0 Å². The zero-order chi connectivity index (χ0) is 10.8. The number of rotatable bonds is 2. The second-order valence-electron chi connectivity index (χ2n) is 2.81. The van der Waals surface area contributed by atoms with Gasteiger partial charge in [-0.3, -0.25) is 0 Å². The molecule has 0 spiro atoms. The van der Waals surface area contributed by atoms with E-state index in [2.05, 4.69) is 4.98 Å². The first-order chi connectivity index (χ1) is 7.18. The van der Waals surface area contributed by atoms with Gasteiger partial charge in [0.25, 0.3) is 0 Å². The topological polar surface area (TPSA) is 66.2 Å². The fourth-order valence-electron chi connectivity index (χ4n) is 1.13. The summed E-state index contributed by atoms with van der Waals surface area (Å²) < 4.78 is 4.98. The summed E-state index contributed by atoms with van der Waals surface area (Å²) in [5.74, 6) is -1.21. The molecule has 1 aromatic carbocycles. The van der Waals surface area contributed by atoms with Gasteiger partial charge in [-0.1, -0.05) is 23.7 Å². The summed E-state index contributed by atoms with van der Waals surface area (Å²) >= 11 is 5.88. The fourth-order valence-corrected chi connectivity index (χ4v) is 1.34.